The maximum atomic E-state index is 4.58. The first-order valence-corrected chi connectivity index (χ1v) is 7.45. The van der Waals surface area contributed by atoms with Gasteiger partial charge in [-0.25, -0.2) is 9.97 Å². The maximum absolute atomic E-state index is 4.58. The third-order valence-electron chi connectivity index (χ3n) is 3.18. The van der Waals surface area contributed by atoms with Crippen LogP contribution in [-0.2, 0) is 19.3 Å². The highest BCUT2D eigenvalue weighted by Gasteiger charge is 2.03. The molecule has 1 rings (SSSR count). The number of unbranched alkanes of at least 4 members (excludes halogenated alkanes) is 4. The number of hydrogen-bond acceptors (Lipinski definition) is 2. The summed E-state index contributed by atoms with van der Waals surface area (Å²) >= 11 is 0. The van der Waals surface area contributed by atoms with Gasteiger partial charge in [-0.3, -0.25) is 0 Å². The largest absolute Gasteiger partial charge is 0.238 e. The molecular formula is C16H27N2. The molecule has 0 aliphatic heterocycles. The first kappa shape index (κ1) is 15.1. The van der Waals surface area contributed by atoms with Crippen LogP contribution in [0.4, 0.5) is 0 Å². The molecule has 0 atom stereocenters. The molecule has 0 saturated heterocycles. The van der Waals surface area contributed by atoms with Gasteiger partial charge in [-0.2, -0.15) is 0 Å². The molecule has 0 bridgehead atoms. The zero-order chi connectivity index (χ0) is 13.2. The van der Waals surface area contributed by atoms with Gasteiger partial charge >= 0.3 is 0 Å². The van der Waals surface area contributed by atoms with Crippen LogP contribution in [0.15, 0.2) is 6.07 Å². The topological polar surface area (TPSA) is 25.8 Å². The number of aromatic nitrogens is 2. The Labute approximate surface area is 112 Å². The minimum Gasteiger partial charge on any atom is -0.238 e. The SMILES string of the molecule is [CH2]Cc1nc(CCCCC)cc(CCCCC)n1. The molecule has 0 aliphatic carbocycles. The average molecular weight is 247 g/mol. The van der Waals surface area contributed by atoms with Crippen molar-refractivity contribution in [1.29, 1.82) is 0 Å². The van der Waals surface area contributed by atoms with Crippen LogP contribution in [0.3, 0.4) is 0 Å². The summed E-state index contributed by atoms with van der Waals surface area (Å²) in [7, 11) is 0. The van der Waals surface area contributed by atoms with Crippen LogP contribution >= 0.6 is 0 Å². The Hall–Kier alpha value is -0.920. The highest BCUT2D eigenvalue weighted by Crippen LogP contribution is 2.10. The van der Waals surface area contributed by atoms with Crippen LogP contribution in [0.5, 0.6) is 0 Å². The quantitative estimate of drug-likeness (QED) is 0.607. The fourth-order valence-electron chi connectivity index (χ4n) is 2.09. The lowest BCUT2D eigenvalue weighted by Gasteiger charge is -2.07. The van der Waals surface area contributed by atoms with Gasteiger partial charge in [0.1, 0.15) is 5.82 Å². The summed E-state index contributed by atoms with van der Waals surface area (Å²) in [5.41, 5.74) is 2.42. The van der Waals surface area contributed by atoms with Crippen molar-refractivity contribution >= 4 is 0 Å². The molecule has 2 heteroatoms. The van der Waals surface area contributed by atoms with E-state index in [-0.39, 0.29) is 0 Å². The first-order chi connectivity index (χ1) is 8.80. The van der Waals surface area contributed by atoms with E-state index in [0.717, 1.165) is 18.7 Å². The van der Waals surface area contributed by atoms with Gasteiger partial charge in [-0.15, -0.1) is 0 Å². The van der Waals surface area contributed by atoms with Gasteiger partial charge in [0.2, 0.25) is 0 Å². The normalized spacial score (nSPS) is 10.8. The zero-order valence-corrected chi connectivity index (χ0v) is 12.0. The zero-order valence-electron chi connectivity index (χ0n) is 12.0. The Bertz CT molecular complexity index is 306. The fourth-order valence-corrected chi connectivity index (χ4v) is 2.09. The molecule has 1 aromatic heterocycles. The molecule has 1 radical (unpaired) electrons. The number of hydrogen-bond donors (Lipinski definition) is 0. The second kappa shape index (κ2) is 9.07. The molecule has 0 fully saturated rings. The molecule has 101 valence electrons. The van der Waals surface area contributed by atoms with Crippen molar-refractivity contribution in [3.63, 3.8) is 0 Å². The van der Waals surface area contributed by atoms with E-state index in [0.29, 0.717) is 6.42 Å². The molecule has 1 aromatic rings. The predicted molar refractivity (Wildman–Crippen MR) is 77.6 cm³/mol. The molecule has 0 spiro atoms. The number of aryl methyl sites for hydroxylation is 2. The molecule has 0 N–H and O–H groups in total. The van der Waals surface area contributed by atoms with Crippen molar-refractivity contribution in [2.45, 2.75) is 71.6 Å². The van der Waals surface area contributed by atoms with E-state index in [1.807, 2.05) is 0 Å². The molecule has 0 unspecified atom stereocenters. The Morgan fingerprint density at radius 1 is 0.889 bits per heavy atom. The number of nitrogens with zero attached hydrogens (tertiary/aromatic N) is 2. The fraction of sp³-hybridized carbons (Fsp3) is 0.688. The molecule has 0 amide bonds. The molecule has 18 heavy (non-hydrogen) atoms. The van der Waals surface area contributed by atoms with Gasteiger partial charge in [0.25, 0.3) is 0 Å². The van der Waals surface area contributed by atoms with Crippen LogP contribution < -0.4 is 0 Å². The van der Waals surface area contributed by atoms with Crippen molar-refractivity contribution in [2.75, 3.05) is 0 Å². The summed E-state index contributed by atoms with van der Waals surface area (Å²) in [5, 5.41) is 0. The molecule has 0 aromatic carbocycles. The summed E-state index contributed by atoms with van der Waals surface area (Å²) in [5.74, 6) is 0.912. The summed E-state index contributed by atoms with van der Waals surface area (Å²) in [6.45, 7) is 8.37. The lowest BCUT2D eigenvalue weighted by molar-refractivity contribution is 0.684. The van der Waals surface area contributed by atoms with Gasteiger partial charge < -0.3 is 0 Å². The second-order valence-corrected chi connectivity index (χ2v) is 4.93. The van der Waals surface area contributed by atoms with E-state index in [1.165, 1.54) is 49.9 Å². The lowest BCUT2D eigenvalue weighted by atomic mass is 10.1. The van der Waals surface area contributed by atoms with E-state index in [9.17, 15) is 0 Å². The van der Waals surface area contributed by atoms with Crippen molar-refractivity contribution in [3.8, 4) is 0 Å². The summed E-state index contributed by atoms with van der Waals surface area (Å²) in [6, 6.07) is 2.20. The number of rotatable bonds is 9. The molecule has 2 nitrogen and oxygen atoms in total. The van der Waals surface area contributed by atoms with Crippen molar-refractivity contribution in [1.82, 2.24) is 9.97 Å². The Balaban J connectivity index is 2.62. The van der Waals surface area contributed by atoms with E-state index in [2.05, 4.69) is 36.8 Å². The molecule has 0 saturated carbocycles. The standard InChI is InChI=1S/C16H27N2/c1-4-7-9-11-14-13-15(12-10-8-5-2)18-16(6-3)17-14/h13H,3-12H2,1-2H3. The Kier molecular flexibility index (Phi) is 7.63. The van der Waals surface area contributed by atoms with E-state index in [4.69, 9.17) is 0 Å². The van der Waals surface area contributed by atoms with Gasteiger partial charge in [-0.1, -0.05) is 39.5 Å². The van der Waals surface area contributed by atoms with Crippen LogP contribution in [0, 0.1) is 6.92 Å². The minimum absolute atomic E-state index is 0.697. The van der Waals surface area contributed by atoms with Crippen molar-refractivity contribution in [3.05, 3.63) is 30.2 Å². The molecule has 0 aliphatic rings. The third kappa shape index (κ3) is 5.61. The van der Waals surface area contributed by atoms with Crippen LogP contribution in [-0.4, -0.2) is 9.97 Å². The Morgan fingerprint density at radius 2 is 1.39 bits per heavy atom. The lowest BCUT2D eigenvalue weighted by Crippen LogP contribution is -2.03. The van der Waals surface area contributed by atoms with Crippen LogP contribution in [0.25, 0.3) is 0 Å². The van der Waals surface area contributed by atoms with Gasteiger partial charge in [0.05, 0.1) is 0 Å². The van der Waals surface area contributed by atoms with Gasteiger partial charge in [-0.05, 0) is 38.7 Å². The summed E-state index contributed by atoms with van der Waals surface area (Å²) in [4.78, 5) is 9.16. The highest BCUT2D eigenvalue weighted by atomic mass is 14.9. The summed E-state index contributed by atoms with van der Waals surface area (Å²) in [6.07, 6.45) is 10.4. The molecule has 1 heterocycles. The van der Waals surface area contributed by atoms with Crippen LogP contribution in [0.1, 0.15) is 69.6 Å². The van der Waals surface area contributed by atoms with Crippen LogP contribution in [0.2, 0.25) is 0 Å². The van der Waals surface area contributed by atoms with E-state index >= 15 is 0 Å². The first-order valence-electron chi connectivity index (χ1n) is 7.45. The average Bonchev–Trinajstić information content (AvgIpc) is 2.39. The smallest absolute Gasteiger partial charge is 0.128 e. The van der Waals surface area contributed by atoms with Gasteiger partial charge in [0.15, 0.2) is 0 Å². The second-order valence-electron chi connectivity index (χ2n) is 4.93. The maximum Gasteiger partial charge on any atom is 0.128 e. The Morgan fingerprint density at radius 3 is 1.78 bits per heavy atom. The third-order valence-corrected chi connectivity index (χ3v) is 3.18. The predicted octanol–water partition coefficient (Wildman–Crippen LogP) is 4.32. The van der Waals surface area contributed by atoms with Crippen molar-refractivity contribution in [2.24, 2.45) is 0 Å². The monoisotopic (exact) mass is 247 g/mol. The van der Waals surface area contributed by atoms with E-state index < -0.39 is 0 Å². The molecular weight excluding hydrogens is 220 g/mol. The van der Waals surface area contributed by atoms with E-state index in [1.54, 1.807) is 0 Å². The minimum atomic E-state index is 0.697. The summed E-state index contributed by atoms with van der Waals surface area (Å²) < 4.78 is 0. The van der Waals surface area contributed by atoms with Gasteiger partial charge in [0, 0.05) is 17.8 Å². The van der Waals surface area contributed by atoms with Crippen molar-refractivity contribution < 1.29 is 0 Å². The highest BCUT2D eigenvalue weighted by molar-refractivity contribution is 5.12.